The molecule has 2 aliphatic heterocycles. The Morgan fingerprint density at radius 3 is 2.66 bits per heavy atom. The van der Waals surface area contributed by atoms with E-state index in [2.05, 4.69) is 24.9 Å². The Kier molecular flexibility index (Phi) is 5.92. The van der Waals surface area contributed by atoms with Crippen LogP contribution in [0.4, 0.5) is 31.3 Å². The van der Waals surface area contributed by atoms with Gasteiger partial charge in [-0.1, -0.05) is 0 Å². The highest BCUT2D eigenvalue weighted by Gasteiger charge is 2.43. The number of ether oxygens (including phenoxy) is 2. The lowest BCUT2D eigenvalue weighted by molar-refractivity contribution is 0.0134. The van der Waals surface area contributed by atoms with E-state index in [1.165, 1.54) is 28.5 Å². The zero-order chi connectivity index (χ0) is 24.7. The Morgan fingerprint density at radius 2 is 1.97 bits per heavy atom. The summed E-state index contributed by atoms with van der Waals surface area (Å²) in [6, 6.07) is 1.000. The van der Waals surface area contributed by atoms with Crippen LogP contribution in [0.1, 0.15) is 30.7 Å². The fourth-order valence-electron chi connectivity index (χ4n) is 4.01. The number of halogens is 2. The number of hydrogen-bond acceptors (Lipinski definition) is 11. The molecular weight excluding hydrogens is 482 g/mol. The standard InChI is InChI=1S/C21H22F2N8O3S/c1-11-15(17-25-3-8-35-17)34-20(32)31(11)14-9-13(27-19(28-14)30-4-6-33-7-5-30)12-10-26-18(24)29-16(12)21(2,22)23/h3,8-11,15H,4-7H2,1-2H3,(H2,24,26,29)/t11-,15+/m0/s1. The number of morpholine rings is 1. The number of thiazole rings is 1. The summed E-state index contributed by atoms with van der Waals surface area (Å²) in [5.74, 6) is -3.13. The van der Waals surface area contributed by atoms with Crippen LogP contribution in [0.2, 0.25) is 0 Å². The van der Waals surface area contributed by atoms with Gasteiger partial charge in [-0.2, -0.15) is 13.8 Å². The van der Waals surface area contributed by atoms with E-state index in [4.69, 9.17) is 15.2 Å². The third-order valence-corrected chi connectivity index (χ3v) is 6.54. The molecule has 0 unspecified atom stereocenters. The Morgan fingerprint density at radius 1 is 1.20 bits per heavy atom. The molecule has 1 amide bonds. The number of hydrogen-bond donors (Lipinski definition) is 1. The lowest BCUT2D eigenvalue weighted by Crippen LogP contribution is -2.38. The smallest absolute Gasteiger partial charge is 0.416 e. The predicted molar refractivity (Wildman–Crippen MR) is 123 cm³/mol. The average molecular weight is 505 g/mol. The molecule has 5 heterocycles. The van der Waals surface area contributed by atoms with E-state index in [-0.39, 0.29) is 29.0 Å². The van der Waals surface area contributed by atoms with Crippen molar-refractivity contribution in [2.45, 2.75) is 31.9 Å². The van der Waals surface area contributed by atoms with Crippen LogP contribution in [-0.4, -0.2) is 63.4 Å². The van der Waals surface area contributed by atoms with Gasteiger partial charge in [0, 0.05) is 49.4 Å². The van der Waals surface area contributed by atoms with Gasteiger partial charge in [0.05, 0.1) is 24.9 Å². The van der Waals surface area contributed by atoms with Crippen molar-refractivity contribution in [1.82, 2.24) is 24.9 Å². The van der Waals surface area contributed by atoms with E-state index < -0.39 is 29.9 Å². The van der Waals surface area contributed by atoms with E-state index in [1.807, 2.05) is 11.8 Å². The summed E-state index contributed by atoms with van der Waals surface area (Å²) in [4.78, 5) is 37.2. The highest BCUT2D eigenvalue weighted by molar-refractivity contribution is 7.09. The molecule has 2 aliphatic rings. The molecular formula is C21H22F2N8O3S. The number of cyclic esters (lactones) is 1. The summed E-state index contributed by atoms with van der Waals surface area (Å²) < 4.78 is 39.9. The zero-order valence-electron chi connectivity index (χ0n) is 18.9. The molecule has 2 atom stereocenters. The second-order valence-electron chi connectivity index (χ2n) is 8.17. The second kappa shape index (κ2) is 8.92. The van der Waals surface area contributed by atoms with Crippen LogP contribution in [0.5, 0.6) is 0 Å². The first-order chi connectivity index (χ1) is 16.7. The van der Waals surface area contributed by atoms with Gasteiger partial charge in [0.15, 0.2) is 6.10 Å². The van der Waals surface area contributed by atoms with Gasteiger partial charge >= 0.3 is 6.09 Å². The monoisotopic (exact) mass is 504 g/mol. The molecule has 11 nitrogen and oxygen atoms in total. The second-order valence-corrected chi connectivity index (χ2v) is 9.10. The average Bonchev–Trinajstić information content (AvgIpc) is 3.46. The fourth-order valence-corrected chi connectivity index (χ4v) is 4.77. The summed E-state index contributed by atoms with van der Waals surface area (Å²) in [5.41, 5.74) is 5.14. The van der Waals surface area contributed by atoms with Gasteiger partial charge in [-0.05, 0) is 6.92 Å². The minimum absolute atomic E-state index is 0.0125. The molecule has 3 aromatic rings. The SMILES string of the molecule is C[C@H]1[C@H](c2nccs2)OC(=O)N1c1cc(-c2cnc(N)nc2C(C)(F)F)nc(N2CCOCC2)n1. The maximum Gasteiger partial charge on any atom is 0.416 e. The Bertz CT molecular complexity index is 1230. The number of amides is 1. The molecule has 0 spiro atoms. The molecule has 0 bridgehead atoms. The Hall–Kier alpha value is -3.52. The molecule has 0 radical (unpaired) electrons. The van der Waals surface area contributed by atoms with E-state index in [9.17, 15) is 13.6 Å². The van der Waals surface area contributed by atoms with Gasteiger partial charge in [-0.15, -0.1) is 11.3 Å². The van der Waals surface area contributed by atoms with Crippen molar-refractivity contribution in [3.8, 4) is 11.3 Å². The summed E-state index contributed by atoms with van der Waals surface area (Å²) in [7, 11) is 0. The minimum atomic E-state index is -3.31. The molecule has 5 rings (SSSR count). The number of rotatable bonds is 5. The molecule has 0 saturated carbocycles. The minimum Gasteiger partial charge on any atom is -0.436 e. The normalized spacial score (nSPS) is 20.9. The Labute approximate surface area is 203 Å². The van der Waals surface area contributed by atoms with Gasteiger partial charge in [0.25, 0.3) is 5.92 Å². The van der Waals surface area contributed by atoms with Gasteiger partial charge in [-0.3, -0.25) is 4.90 Å². The highest BCUT2D eigenvalue weighted by atomic mass is 32.1. The number of anilines is 3. The van der Waals surface area contributed by atoms with Crippen LogP contribution in [0.3, 0.4) is 0 Å². The van der Waals surface area contributed by atoms with Crippen molar-refractivity contribution in [3.05, 3.63) is 34.5 Å². The lowest BCUT2D eigenvalue weighted by Gasteiger charge is -2.28. The van der Waals surface area contributed by atoms with Crippen LogP contribution in [0.15, 0.2) is 23.8 Å². The number of aromatic nitrogens is 5. The number of nitrogens with two attached hydrogens (primary N) is 1. The number of carbonyl (C=O) groups excluding carboxylic acids is 1. The number of carbonyl (C=O) groups is 1. The van der Waals surface area contributed by atoms with Crippen LogP contribution in [0, 0.1) is 0 Å². The van der Waals surface area contributed by atoms with Gasteiger partial charge in [0.2, 0.25) is 11.9 Å². The zero-order valence-corrected chi connectivity index (χ0v) is 19.7. The summed E-state index contributed by atoms with van der Waals surface area (Å²) in [5, 5.41) is 2.45. The molecule has 2 fully saturated rings. The van der Waals surface area contributed by atoms with Crippen molar-refractivity contribution >= 4 is 35.1 Å². The van der Waals surface area contributed by atoms with Crippen LogP contribution < -0.4 is 15.5 Å². The number of nitrogens with zero attached hydrogens (tertiary/aromatic N) is 7. The predicted octanol–water partition coefficient (Wildman–Crippen LogP) is 3.01. The Balaban J connectivity index is 1.63. The van der Waals surface area contributed by atoms with E-state index in [0.717, 1.165) is 6.92 Å². The van der Waals surface area contributed by atoms with E-state index in [1.54, 1.807) is 11.6 Å². The topological polar surface area (TPSA) is 132 Å². The van der Waals surface area contributed by atoms with Crippen molar-refractivity contribution in [2.24, 2.45) is 0 Å². The van der Waals surface area contributed by atoms with Crippen molar-refractivity contribution in [3.63, 3.8) is 0 Å². The van der Waals surface area contributed by atoms with Gasteiger partial charge < -0.3 is 20.1 Å². The maximum atomic E-state index is 14.5. The lowest BCUT2D eigenvalue weighted by atomic mass is 10.1. The first-order valence-electron chi connectivity index (χ1n) is 10.8. The fraction of sp³-hybridized carbons (Fsp3) is 0.429. The van der Waals surface area contributed by atoms with E-state index >= 15 is 0 Å². The first-order valence-corrected chi connectivity index (χ1v) is 11.7. The molecule has 184 valence electrons. The molecule has 14 heteroatoms. The molecule has 0 aliphatic carbocycles. The van der Waals surface area contributed by atoms with Crippen LogP contribution >= 0.6 is 11.3 Å². The van der Waals surface area contributed by atoms with Gasteiger partial charge in [0.1, 0.15) is 16.5 Å². The van der Waals surface area contributed by atoms with Crippen LogP contribution in [-0.2, 0) is 15.4 Å². The summed E-state index contributed by atoms with van der Waals surface area (Å²) >= 11 is 1.37. The van der Waals surface area contributed by atoms with Gasteiger partial charge in [-0.25, -0.2) is 24.7 Å². The molecule has 3 aromatic heterocycles. The maximum absolute atomic E-state index is 14.5. The largest absolute Gasteiger partial charge is 0.436 e. The highest BCUT2D eigenvalue weighted by Crippen LogP contribution is 2.39. The van der Waals surface area contributed by atoms with Crippen molar-refractivity contribution in [1.29, 1.82) is 0 Å². The third kappa shape index (κ3) is 4.46. The van der Waals surface area contributed by atoms with E-state index in [0.29, 0.717) is 31.3 Å². The molecule has 2 saturated heterocycles. The number of nitrogen functional groups attached to an aromatic ring is 1. The van der Waals surface area contributed by atoms with Crippen molar-refractivity contribution in [2.75, 3.05) is 41.8 Å². The van der Waals surface area contributed by atoms with Crippen LogP contribution in [0.25, 0.3) is 11.3 Å². The summed E-state index contributed by atoms with van der Waals surface area (Å²) in [6.45, 7) is 4.45. The van der Waals surface area contributed by atoms with Crippen molar-refractivity contribution < 1.29 is 23.0 Å². The molecule has 0 aromatic carbocycles. The quantitative estimate of drug-likeness (QED) is 0.553. The molecule has 35 heavy (non-hydrogen) atoms. The summed E-state index contributed by atoms with van der Waals surface area (Å²) in [6.07, 6.45) is 1.62. The molecule has 2 N–H and O–H groups in total. The first kappa shape index (κ1) is 23.2. The third-order valence-electron chi connectivity index (χ3n) is 5.71. The number of alkyl halides is 2.